The van der Waals surface area contributed by atoms with Crippen molar-refractivity contribution >= 4 is 55.0 Å². The van der Waals surface area contributed by atoms with Crippen molar-refractivity contribution in [3.63, 3.8) is 0 Å². The third kappa shape index (κ3) is 3.30. The molecule has 1 unspecified atom stereocenters. The Bertz CT molecular complexity index is 1440. The first kappa shape index (κ1) is 20.5. The molecule has 32 heavy (non-hydrogen) atoms. The van der Waals surface area contributed by atoms with E-state index in [9.17, 15) is 27.6 Å². The van der Waals surface area contributed by atoms with Gasteiger partial charge in [0.15, 0.2) is 9.84 Å². The van der Waals surface area contributed by atoms with Gasteiger partial charge >= 0.3 is 0 Å². The second-order valence-corrected chi connectivity index (χ2v) is 10.4. The van der Waals surface area contributed by atoms with Gasteiger partial charge in [0.05, 0.1) is 37.5 Å². The molecule has 1 N–H and O–H groups in total. The highest BCUT2D eigenvalue weighted by atomic mass is 32.2. The van der Waals surface area contributed by atoms with Crippen molar-refractivity contribution in [3.05, 3.63) is 58.6 Å². The Balaban J connectivity index is 1.43. The summed E-state index contributed by atoms with van der Waals surface area (Å²) < 4.78 is 26.6. The molecule has 4 amide bonds. The minimum atomic E-state index is -3.71. The summed E-state index contributed by atoms with van der Waals surface area (Å²) in [5.74, 6) is -2.82. The second-order valence-electron chi connectivity index (χ2n) is 7.57. The van der Waals surface area contributed by atoms with Crippen LogP contribution in [0.15, 0.2) is 46.8 Å². The molecule has 1 saturated heterocycles. The van der Waals surface area contributed by atoms with Crippen LogP contribution >= 0.6 is 11.3 Å². The van der Waals surface area contributed by atoms with Gasteiger partial charge < -0.3 is 0 Å². The van der Waals surface area contributed by atoms with Crippen LogP contribution in [0.25, 0.3) is 10.2 Å². The molecule has 9 nitrogen and oxygen atoms in total. The Labute approximate surface area is 186 Å². The standard InChI is InChI=1S/C21H15N3O6S2/c25-18-6-5-16(19(26)23-18)24-20(27)13-3-1-11(7-14(13)21(24)28)9-32(29,30)12-2-4-15-17(8-12)31-10-22-15/h1-4,7-8,10,16H,5-6,9H2,(H,23,25,26). The predicted molar refractivity (Wildman–Crippen MR) is 114 cm³/mol. The van der Waals surface area contributed by atoms with E-state index >= 15 is 0 Å². The van der Waals surface area contributed by atoms with Gasteiger partial charge in [-0.1, -0.05) is 6.07 Å². The van der Waals surface area contributed by atoms with Gasteiger partial charge in [-0.15, -0.1) is 11.3 Å². The minimum absolute atomic E-state index is 0.0252. The van der Waals surface area contributed by atoms with Crippen LogP contribution in [0.1, 0.15) is 39.1 Å². The molecule has 11 heteroatoms. The molecule has 1 atom stereocenters. The molecule has 2 aliphatic heterocycles. The molecule has 1 aromatic heterocycles. The number of hydrogen-bond acceptors (Lipinski definition) is 8. The number of benzene rings is 2. The van der Waals surface area contributed by atoms with E-state index in [1.807, 2.05) is 0 Å². The fourth-order valence-corrected chi connectivity index (χ4v) is 6.09. The Kier molecular flexibility index (Phi) is 4.68. The highest BCUT2D eigenvalue weighted by Crippen LogP contribution is 2.30. The molecule has 0 radical (unpaired) electrons. The first-order valence-corrected chi connectivity index (χ1v) is 12.2. The number of amides is 4. The summed E-state index contributed by atoms with van der Waals surface area (Å²) in [6, 6.07) is 7.89. The van der Waals surface area contributed by atoms with Gasteiger partial charge in [0.2, 0.25) is 11.8 Å². The van der Waals surface area contributed by atoms with E-state index in [-0.39, 0.29) is 34.6 Å². The van der Waals surface area contributed by atoms with Crippen molar-refractivity contribution in [2.45, 2.75) is 29.5 Å². The number of carbonyl (C=O) groups is 4. The zero-order chi connectivity index (χ0) is 22.6. The number of nitrogens with one attached hydrogen (secondary N) is 1. The molecular weight excluding hydrogens is 454 g/mol. The predicted octanol–water partition coefficient (Wildman–Crippen LogP) is 1.67. The Hall–Kier alpha value is -3.44. The summed E-state index contributed by atoms with van der Waals surface area (Å²) in [4.78, 5) is 54.4. The summed E-state index contributed by atoms with van der Waals surface area (Å²) in [6.07, 6.45) is 0.0782. The largest absolute Gasteiger partial charge is 0.295 e. The van der Waals surface area contributed by atoms with Crippen molar-refractivity contribution in [2.24, 2.45) is 0 Å². The molecule has 162 valence electrons. The third-order valence-electron chi connectivity index (χ3n) is 5.52. The van der Waals surface area contributed by atoms with Gasteiger partial charge in [-0.2, -0.15) is 0 Å². The number of thiazole rings is 1. The zero-order valence-corrected chi connectivity index (χ0v) is 18.0. The van der Waals surface area contributed by atoms with Crippen LogP contribution in [0.2, 0.25) is 0 Å². The highest BCUT2D eigenvalue weighted by Gasteiger charge is 2.44. The number of rotatable bonds is 4. The maximum atomic E-state index is 12.9. The maximum absolute atomic E-state index is 12.9. The second kappa shape index (κ2) is 7.31. The summed E-state index contributed by atoms with van der Waals surface area (Å²) in [6.45, 7) is 0. The van der Waals surface area contributed by atoms with Gasteiger partial charge in [0, 0.05) is 6.42 Å². The normalized spacial score (nSPS) is 18.9. The maximum Gasteiger partial charge on any atom is 0.262 e. The molecule has 1 fully saturated rings. The van der Waals surface area contributed by atoms with E-state index in [0.717, 1.165) is 9.60 Å². The summed E-state index contributed by atoms with van der Waals surface area (Å²) in [5.41, 5.74) is 2.85. The van der Waals surface area contributed by atoms with E-state index < -0.39 is 39.5 Å². The quantitative estimate of drug-likeness (QED) is 0.575. The van der Waals surface area contributed by atoms with Crippen LogP contribution < -0.4 is 5.32 Å². The number of imide groups is 2. The topological polar surface area (TPSA) is 131 Å². The number of piperidine rings is 1. The van der Waals surface area contributed by atoms with E-state index in [4.69, 9.17) is 0 Å². The first-order chi connectivity index (χ1) is 15.2. The van der Waals surface area contributed by atoms with Crippen molar-refractivity contribution in [1.29, 1.82) is 0 Å². The lowest BCUT2D eigenvalue weighted by Gasteiger charge is -2.27. The number of fused-ring (bicyclic) bond motifs is 2. The van der Waals surface area contributed by atoms with Crippen molar-refractivity contribution in [1.82, 2.24) is 15.2 Å². The molecule has 0 aliphatic carbocycles. The number of aromatic nitrogens is 1. The lowest BCUT2D eigenvalue weighted by atomic mass is 10.0. The molecule has 2 aromatic carbocycles. The fourth-order valence-electron chi connectivity index (χ4n) is 3.94. The van der Waals surface area contributed by atoms with Crippen LogP contribution in [0.5, 0.6) is 0 Å². The molecule has 3 heterocycles. The van der Waals surface area contributed by atoms with E-state index in [1.54, 1.807) is 17.6 Å². The Morgan fingerprint density at radius 1 is 1.03 bits per heavy atom. The van der Waals surface area contributed by atoms with Crippen LogP contribution in [-0.4, -0.2) is 48.0 Å². The minimum Gasteiger partial charge on any atom is -0.295 e. The van der Waals surface area contributed by atoms with Gasteiger partial charge in [0.1, 0.15) is 6.04 Å². The molecule has 0 bridgehead atoms. The monoisotopic (exact) mass is 469 g/mol. The molecule has 0 saturated carbocycles. The molecule has 0 spiro atoms. The van der Waals surface area contributed by atoms with Crippen LogP contribution in [0, 0.1) is 0 Å². The first-order valence-electron chi connectivity index (χ1n) is 9.65. The Morgan fingerprint density at radius 3 is 2.59 bits per heavy atom. The third-order valence-corrected chi connectivity index (χ3v) is 8.00. The van der Waals surface area contributed by atoms with Gasteiger partial charge in [0.25, 0.3) is 11.8 Å². The van der Waals surface area contributed by atoms with Crippen molar-refractivity contribution in [3.8, 4) is 0 Å². The Morgan fingerprint density at radius 2 is 1.81 bits per heavy atom. The lowest BCUT2D eigenvalue weighted by molar-refractivity contribution is -0.136. The van der Waals surface area contributed by atoms with Crippen molar-refractivity contribution in [2.75, 3.05) is 0 Å². The van der Waals surface area contributed by atoms with E-state index in [1.165, 1.54) is 35.6 Å². The summed E-state index contributed by atoms with van der Waals surface area (Å²) in [5, 5.41) is 2.14. The number of nitrogens with zero attached hydrogens (tertiary/aromatic N) is 2. The smallest absolute Gasteiger partial charge is 0.262 e. The van der Waals surface area contributed by atoms with Crippen LogP contribution in [0.4, 0.5) is 0 Å². The average molecular weight is 470 g/mol. The fraction of sp³-hybridized carbons (Fsp3) is 0.190. The van der Waals surface area contributed by atoms with E-state index in [0.29, 0.717) is 11.1 Å². The average Bonchev–Trinajstić information content (AvgIpc) is 3.31. The van der Waals surface area contributed by atoms with Crippen LogP contribution in [0.3, 0.4) is 0 Å². The molecular formula is C21H15N3O6S2. The molecule has 3 aromatic rings. The van der Waals surface area contributed by atoms with E-state index in [2.05, 4.69) is 10.3 Å². The van der Waals surface area contributed by atoms with Crippen molar-refractivity contribution < 1.29 is 27.6 Å². The SMILES string of the molecule is O=C1CCC(N2C(=O)c3ccc(CS(=O)(=O)c4ccc5ncsc5c4)cc3C2=O)C(=O)N1. The number of hydrogen-bond donors (Lipinski definition) is 1. The van der Waals surface area contributed by atoms with Gasteiger partial charge in [-0.25, -0.2) is 13.4 Å². The molecule has 5 rings (SSSR count). The number of carbonyl (C=O) groups excluding carboxylic acids is 4. The van der Waals surface area contributed by atoms with Crippen LogP contribution in [-0.2, 0) is 25.2 Å². The van der Waals surface area contributed by atoms with Gasteiger partial charge in [-0.3, -0.25) is 29.4 Å². The number of sulfone groups is 1. The van der Waals surface area contributed by atoms with Gasteiger partial charge in [-0.05, 0) is 42.3 Å². The highest BCUT2D eigenvalue weighted by molar-refractivity contribution is 7.90. The molecule has 2 aliphatic rings. The zero-order valence-electron chi connectivity index (χ0n) is 16.4. The summed E-state index contributed by atoms with van der Waals surface area (Å²) in [7, 11) is -3.71. The lowest BCUT2D eigenvalue weighted by Crippen LogP contribution is -2.54. The summed E-state index contributed by atoms with van der Waals surface area (Å²) >= 11 is 1.34.